The summed E-state index contributed by atoms with van der Waals surface area (Å²) in [7, 11) is 0. The lowest BCUT2D eigenvalue weighted by molar-refractivity contribution is -0.384. The molecule has 0 atom stereocenters. The number of nitrogens with one attached hydrogen (secondary N) is 1. The number of pyridine rings is 1. The van der Waals surface area contributed by atoms with E-state index in [1.54, 1.807) is 17.8 Å². The zero-order valence-electron chi connectivity index (χ0n) is 7.77. The molecule has 6 heteroatoms. The Hall–Kier alpha value is -1.30. The molecule has 0 aromatic carbocycles. The first-order valence-electron chi connectivity index (χ1n) is 4.08. The second kappa shape index (κ2) is 5.43. The fourth-order valence-corrected chi connectivity index (χ4v) is 1.26. The van der Waals surface area contributed by atoms with Gasteiger partial charge in [0, 0.05) is 24.6 Å². The molecule has 1 N–H and O–H groups in total. The summed E-state index contributed by atoms with van der Waals surface area (Å²) < 4.78 is 0. The summed E-state index contributed by atoms with van der Waals surface area (Å²) in [6.45, 7) is 0.680. The monoisotopic (exact) mass is 213 g/mol. The molecule has 5 nitrogen and oxygen atoms in total. The molecule has 0 aliphatic carbocycles. The molecule has 0 spiro atoms. The zero-order chi connectivity index (χ0) is 10.4. The van der Waals surface area contributed by atoms with Crippen LogP contribution < -0.4 is 5.32 Å². The number of hydrogen-bond donors (Lipinski definition) is 1. The van der Waals surface area contributed by atoms with E-state index in [0.717, 1.165) is 5.75 Å². The van der Waals surface area contributed by atoms with Gasteiger partial charge in [-0.25, -0.2) is 4.98 Å². The van der Waals surface area contributed by atoms with Gasteiger partial charge in [0.2, 0.25) is 5.82 Å². The molecule has 0 aliphatic rings. The molecule has 0 unspecified atom stereocenters. The Bertz CT molecular complexity index is 319. The minimum atomic E-state index is -0.436. The highest BCUT2D eigenvalue weighted by atomic mass is 32.2. The first-order chi connectivity index (χ1) is 6.75. The Morgan fingerprint density at radius 2 is 2.50 bits per heavy atom. The summed E-state index contributed by atoms with van der Waals surface area (Å²) in [5.41, 5.74) is 0.0219. The fourth-order valence-electron chi connectivity index (χ4n) is 0.952. The number of hydrogen-bond acceptors (Lipinski definition) is 5. The van der Waals surface area contributed by atoms with Gasteiger partial charge in [-0.15, -0.1) is 0 Å². The van der Waals surface area contributed by atoms with Crippen molar-refractivity contribution in [3.8, 4) is 0 Å². The van der Waals surface area contributed by atoms with Gasteiger partial charge in [-0.2, -0.15) is 11.8 Å². The number of anilines is 1. The molecule has 1 aromatic rings. The van der Waals surface area contributed by atoms with E-state index in [1.165, 1.54) is 12.3 Å². The van der Waals surface area contributed by atoms with E-state index in [-0.39, 0.29) is 5.69 Å². The molecule has 1 rings (SSSR count). The maximum atomic E-state index is 10.6. The third-order valence-electron chi connectivity index (χ3n) is 1.58. The van der Waals surface area contributed by atoms with Crippen molar-refractivity contribution in [1.29, 1.82) is 0 Å². The van der Waals surface area contributed by atoms with Gasteiger partial charge in [0.1, 0.15) is 0 Å². The second-order valence-electron chi connectivity index (χ2n) is 2.55. The van der Waals surface area contributed by atoms with Gasteiger partial charge in [-0.05, 0) is 12.3 Å². The summed E-state index contributed by atoms with van der Waals surface area (Å²) >= 11 is 1.67. The maximum Gasteiger partial charge on any atom is 0.311 e. The quantitative estimate of drug-likeness (QED) is 0.458. The minimum absolute atomic E-state index is 0.0219. The van der Waals surface area contributed by atoms with Crippen LogP contribution >= 0.6 is 11.8 Å². The summed E-state index contributed by atoms with van der Waals surface area (Å²) in [5, 5.41) is 13.5. The van der Waals surface area contributed by atoms with Crippen LogP contribution in [0, 0.1) is 10.1 Å². The normalized spacial score (nSPS) is 9.79. The van der Waals surface area contributed by atoms with E-state index >= 15 is 0 Å². The van der Waals surface area contributed by atoms with Crippen molar-refractivity contribution < 1.29 is 4.92 Å². The first-order valence-corrected chi connectivity index (χ1v) is 5.47. The molecule has 0 amide bonds. The van der Waals surface area contributed by atoms with Crippen LogP contribution in [0.5, 0.6) is 0 Å². The van der Waals surface area contributed by atoms with Crippen molar-refractivity contribution in [3.63, 3.8) is 0 Å². The van der Waals surface area contributed by atoms with Crippen LogP contribution in [0.25, 0.3) is 0 Å². The number of thioether (sulfide) groups is 1. The summed E-state index contributed by atoms with van der Waals surface area (Å²) in [6, 6.07) is 2.99. The maximum absolute atomic E-state index is 10.6. The van der Waals surface area contributed by atoms with Gasteiger partial charge in [-0.1, -0.05) is 0 Å². The average Bonchev–Trinajstić information content (AvgIpc) is 2.19. The Balaban J connectivity index is 2.69. The lowest BCUT2D eigenvalue weighted by atomic mass is 10.4. The van der Waals surface area contributed by atoms with E-state index in [2.05, 4.69) is 10.3 Å². The molecule has 1 aromatic heterocycles. The molecular weight excluding hydrogens is 202 g/mol. The summed E-state index contributed by atoms with van der Waals surface area (Å²) in [6.07, 6.45) is 3.52. The Morgan fingerprint density at radius 1 is 1.71 bits per heavy atom. The number of aromatic nitrogens is 1. The van der Waals surface area contributed by atoms with Gasteiger partial charge >= 0.3 is 5.69 Å². The van der Waals surface area contributed by atoms with Crippen LogP contribution in [0.1, 0.15) is 0 Å². The lowest BCUT2D eigenvalue weighted by Gasteiger charge is -2.03. The van der Waals surface area contributed by atoms with Crippen molar-refractivity contribution in [2.24, 2.45) is 0 Å². The van der Waals surface area contributed by atoms with Crippen LogP contribution in [0.2, 0.25) is 0 Å². The largest absolute Gasteiger partial charge is 0.364 e. The topological polar surface area (TPSA) is 68.1 Å². The molecule has 0 saturated carbocycles. The van der Waals surface area contributed by atoms with Crippen molar-refractivity contribution in [2.75, 3.05) is 23.9 Å². The van der Waals surface area contributed by atoms with E-state index in [1.807, 2.05) is 6.26 Å². The van der Waals surface area contributed by atoms with E-state index in [9.17, 15) is 10.1 Å². The molecule has 0 saturated heterocycles. The third kappa shape index (κ3) is 2.88. The van der Waals surface area contributed by atoms with Crippen LogP contribution in [-0.4, -0.2) is 28.5 Å². The van der Waals surface area contributed by atoms with Crippen LogP contribution in [0.4, 0.5) is 11.5 Å². The minimum Gasteiger partial charge on any atom is -0.364 e. The van der Waals surface area contributed by atoms with Crippen molar-refractivity contribution in [3.05, 3.63) is 28.4 Å². The Labute approximate surface area is 86.1 Å². The van der Waals surface area contributed by atoms with E-state index in [4.69, 9.17) is 0 Å². The molecule has 0 fully saturated rings. The van der Waals surface area contributed by atoms with Crippen molar-refractivity contribution in [2.45, 2.75) is 0 Å². The van der Waals surface area contributed by atoms with Gasteiger partial charge in [0.05, 0.1) is 4.92 Å². The van der Waals surface area contributed by atoms with Crippen LogP contribution in [0.3, 0.4) is 0 Å². The standard InChI is InChI=1S/C8H11N3O2S/c1-14-6-5-10-8-7(11(12)13)3-2-4-9-8/h2-4H,5-6H2,1H3,(H,9,10). The highest BCUT2D eigenvalue weighted by Crippen LogP contribution is 2.19. The number of nitrogens with zero attached hydrogens (tertiary/aromatic N) is 2. The molecule has 0 radical (unpaired) electrons. The van der Waals surface area contributed by atoms with Crippen molar-refractivity contribution in [1.82, 2.24) is 4.98 Å². The molecular formula is C8H11N3O2S. The Morgan fingerprint density at radius 3 is 3.14 bits per heavy atom. The molecule has 0 bridgehead atoms. The average molecular weight is 213 g/mol. The Kier molecular flexibility index (Phi) is 4.18. The SMILES string of the molecule is CSCCNc1ncccc1[N+](=O)[O-]. The lowest BCUT2D eigenvalue weighted by Crippen LogP contribution is -2.07. The fraction of sp³-hybridized carbons (Fsp3) is 0.375. The second-order valence-corrected chi connectivity index (χ2v) is 3.53. The zero-order valence-corrected chi connectivity index (χ0v) is 8.58. The molecule has 76 valence electrons. The summed E-state index contributed by atoms with van der Waals surface area (Å²) in [4.78, 5) is 14.0. The van der Waals surface area contributed by atoms with Gasteiger partial charge in [0.25, 0.3) is 0 Å². The van der Waals surface area contributed by atoms with Gasteiger partial charge in [-0.3, -0.25) is 10.1 Å². The van der Waals surface area contributed by atoms with Crippen LogP contribution in [-0.2, 0) is 0 Å². The highest BCUT2D eigenvalue weighted by molar-refractivity contribution is 7.98. The number of rotatable bonds is 5. The predicted molar refractivity (Wildman–Crippen MR) is 57.8 cm³/mol. The first kappa shape index (κ1) is 10.8. The summed E-state index contributed by atoms with van der Waals surface area (Å²) in [5.74, 6) is 1.24. The number of nitro groups is 1. The molecule has 1 heterocycles. The molecule has 14 heavy (non-hydrogen) atoms. The smallest absolute Gasteiger partial charge is 0.311 e. The van der Waals surface area contributed by atoms with E-state index in [0.29, 0.717) is 12.4 Å². The molecule has 0 aliphatic heterocycles. The predicted octanol–water partition coefficient (Wildman–Crippen LogP) is 1.76. The highest BCUT2D eigenvalue weighted by Gasteiger charge is 2.12. The third-order valence-corrected chi connectivity index (χ3v) is 2.19. The van der Waals surface area contributed by atoms with Gasteiger partial charge < -0.3 is 5.32 Å². The van der Waals surface area contributed by atoms with E-state index < -0.39 is 4.92 Å². The van der Waals surface area contributed by atoms with Crippen molar-refractivity contribution >= 4 is 23.3 Å². The van der Waals surface area contributed by atoms with Gasteiger partial charge in [0.15, 0.2) is 0 Å². The van der Waals surface area contributed by atoms with Crippen LogP contribution in [0.15, 0.2) is 18.3 Å².